The maximum absolute atomic E-state index is 13.7. The normalized spacial score (nSPS) is 36.4. The first-order valence-corrected chi connectivity index (χ1v) is 12.5. The third kappa shape index (κ3) is 3.83. The minimum absolute atomic E-state index is 0.118. The van der Waals surface area contributed by atoms with Crippen LogP contribution in [-0.4, -0.2) is 71.2 Å². The zero-order chi connectivity index (χ0) is 22.9. The van der Waals surface area contributed by atoms with E-state index in [1.807, 2.05) is 6.92 Å². The van der Waals surface area contributed by atoms with Crippen LogP contribution in [0.3, 0.4) is 0 Å². The van der Waals surface area contributed by atoms with Crippen LogP contribution in [-0.2, 0) is 19.1 Å². The molecule has 3 heterocycles. The second-order valence-electron chi connectivity index (χ2n) is 10.4. The Bertz CT molecular complexity index is 739. The summed E-state index contributed by atoms with van der Waals surface area (Å²) < 4.78 is 6.56. The van der Waals surface area contributed by atoms with Crippen molar-refractivity contribution < 1.29 is 24.2 Å². The number of nitrogens with zero attached hydrogens (tertiary/aromatic N) is 1. The van der Waals surface area contributed by atoms with Crippen LogP contribution in [0.1, 0.15) is 77.6 Å². The molecule has 3 saturated heterocycles. The number of nitrogens with one attached hydrogen (secondary N) is 2. The van der Waals surface area contributed by atoms with Gasteiger partial charge in [0.25, 0.3) is 0 Å². The van der Waals surface area contributed by atoms with Crippen LogP contribution < -0.4 is 10.6 Å². The van der Waals surface area contributed by atoms with E-state index in [2.05, 4.69) is 10.6 Å². The summed E-state index contributed by atoms with van der Waals surface area (Å²) in [5.74, 6) is -1.60. The minimum atomic E-state index is -0.924. The summed E-state index contributed by atoms with van der Waals surface area (Å²) >= 11 is 0. The highest BCUT2D eigenvalue weighted by atomic mass is 16.5. The standard InChI is InChI=1S/C24H39N3O5/c1-23-12-13-24(32-23)18(17(23)20(29)25-2)22(31)27(14-8-3-4-9-15-28)19(24)21(30)26-16-10-6-5-7-11-16/h16-19,28H,3-15H2,1-2H3,(H,25,29)(H,26,30)/t17-,18-,19?,23+,24?/m0/s1. The van der Waals surface area contributed by atoms with E-state index in [-0.39, 0.29) is 30.4 Å². The number of hydrogen-bond acceptors (Lipinski definition) is 5. The lowest BCUT2D eigenvalue weighted by Crippen LogP contribution is -2.57. The summed E-state index contributed by atoms with van der Waals surface area (Å²) in [6, 6.07) is -0.534. The molecule has 8 heteroatoms. The van der Waals surface area contributed by atoms with Gasteiger partial charge in [0.15, 0.2) is 0 Å². The smallest absolute Gasteiger partial charge is 0.246 e. The molecule has 3 amide bonds. The molecule has 4 aliphatic rings. The highest BCUT2D eigenvalue weighted by Gasteiger charge is 2.77. The number of amides is 3. The number of ether oxygens (including phenoxy) is 1. The predicted molar refractivity (Wildman–Crippen MR) is 119 cm³/mol. The lowest BCUT2D eigenvalue weighted by molar-refractivity contribution is -0.146. The Kier molecular flexibility index (Phi) is 6.82. The third-order valence-electron chi connectivity index (χ3n) is 8.31. The number of aliphatic hydroxyl groups is 1. The number of carbonyl (C=O) groups excluding carboxylic acids is 3. The van der Waals surface area contributed by atoms with E-state index < -0.39 is 29.1 Å². The van der Waals surface area contributed by atoms with Crippen molar-refractivity contribution in [3.63, 3.8) is 0 Å². The van der Waals surface area contributed by atoms with Gasteiger partial charge in [0.2, 0.25) is 17.7 Å². The number of likely N-dealkylation sites (tertiary alicyclic amines) is 1. The molecule has 3 N–H and O–H groups in total. The molecule has 4 fully saturated rings. The van der Waals surface area contributed by atoms with E-state index in [0.717, 1.165) is 51.4 Å². The van der Waals surface area contributed by atoms with E-state index in [1.54, 1.807) is 11.9 Å². The maximum Gasteiger partial charge on any atom is 0.246 e. The summed E-state index contributed by atoms with van der Waals surface area (Å²) in [4.78, 5) is 41.9. The molecular weight excluding hydrogens is 410 g/mol. The molecule has 2 unspecified atom stereocenters. The quantitative estimate of drug-likeness (QED) is 0.463. The number of aliphatic hydroxyl groups excluding tert-OH is 1. The summed E-state index contributed by atoms with van der Waals surface area (Å²) in [7, 11) is 1.59. The number of hydrogen-bond donors (Lipinski definition) is 3. The fourth-order valence-corrected chi connectivity index (χ4v) is 6.80. The molecule has 1 spiro atoms. The van der Waals surface area contributed by atoms with E-state index in [1.165, 1.54) is 6.42 Å². The van der Waals surface area contributed by atoms with E-state index in [4.69, 9.17) is 9.84 Å². The van der Waals surface area contributed by atoms with Crippen molar-refractivity contribution in [1.82, 2.24) is 15.5 Å². The molecular formula is C24H39N3O5. The van der Waals surface area contributed by atoms with Gasteiger partial charge in [-0.1, -0.05) is 32.1 Å². The second-order valence-corrected chi connectivity index (χ2v) is 10.4. The van der Waals surface area contributed by atoms with Crippen molar-refractivity contribution in [2.45, 2.75) is 101 Å². The van der Waals surface area contributed by atoms with Crippen LogP contribution in [0.2, 0.25) is 0 Å². The van der Waals surface area contributed by atoms with Crippen molar-refractivity contribution in [2.75, 3.05) is 20.2 Å². The van der Waals surface area contributed by atoms with Crippen LogP contribution in [0, 0.1) is 11.8 Å². The van der Waals surface area contributed by atoms with Crippen LogP contribution in [0.4, 0.5) is 0 Å². The van der Waals surface area contributed by atoms with Crippen LogP contribution >= 0.6 is 0 Å². The molecule has 32 heavy (non-hydrogen) atoms. The molecule has 1 aliphatic carbocycles. The highest BCUT2D eigenvalue weighted by molar-refractivity contribution is 5.99. The highest BCUT2D eigenvalue weighted by Crippen LogP contribution is 2.63. The van der Waals surface area contributed by atoms with Gasteiger partial charge in [-0.15, -0.1) is 0 Å². The van der Waals surface area contributed by atoms with Crippen LogP contribution in [0.15, 0.2) is 0 Å². The number of unbranched alkanes of at least 4 members (excludes halogenated alkanes) is 3. The van der Waals surface area contributed by atoms with Gasteiger partial charge in [0.1, 0.15) is 11.6 Å². The van der Waals surface area contributed by atoms with Crippen molar-refractivity contribution in [1.29, 1.82) is 0 Å². The van der Waals surface area contributed by atoms with Crippen LogP contribution in [0.25, 0.3) is 0 Å². The molecule has 4 rings (SSSR count). The summed E-state index contributed by atoms with van der Waals surface area (Å²) in [5.41, 5.74) is -1.64. The minimum Gasteiger partial charge on any atom is -0.396 e. The van der Waals surface area contributed by atoms with Gasteiger partial charge in [-0.25, -0.2) is 0 Å². The molecule has 0 aromatic rings. The predicted octanol–water partition coefficient (Wildman–Crippen LogP) is 1.50. The first-order chi connectivity index (χ1) is 15.4. The Morgan fingerprint density at radius 1 is 1.09 bits per heavy atom. The molecule has 3 aliphatic heterocycles. The van der Waals surface area contributed by atoms with Gasteiger partial charge in [-0.2, -0.15) is 0 Å². The SMILES string of the molecule is CNC(=O)[C@@H]1[C@H]2C(=O)N(CCCCCCO)C(C(=O)NC3CCCCC3)C23CC[C@@]1(C)O3. The molecule has 0 aromatic heterocycles. The zero-order valence-electron chi connectivity index (χ0n) is 19.5. The summed E-state index contributed by atoms with van der Waals surface area (Å²) in [5, 5.41) is 15.0. The molecule has 8 nitrogen and oxygen atoms in total. The van der Waals surface area contributed by atoms with Gasteiger partial charge in [0, 0.05) is 26.2 Å². The van der Waals surface area contributed by atoms with Crippen molar-refractivity contribution in [2.24, 2.45) is 11.8 Å². The monoisotopic (exact) mass is 449 g/mol. The average molecular weight is 450 g/mol. The Morgan fingerprint density at radius 2 is 1.81 bits per heavy atom. The third-order valence-corrected chi connectivity index (χ3v) is 8.31. The van der Waals surface area contributed by atoms with Gasteiger partial charge in [-0.3, -0.25) is 14.4 Å². The first kappa shape index (κ1) is 23.5. The lowest BCUT2D eigenvalue weighted by atomic mass is 9.66. The van der Waals surface area contributed by atoms with Crippen molar-refractivity contribution >= 4 is 17.7 Å². The average Bonchev–Trinajstić information content (AvgIpc) is 3.34. The molecule has 1 saturated carbocycles. The van der Waals surface area contributed by atoms with E-state index in [0.29, 0.717) is 19.4 Å². The van der Waals surface area contributed by atoms with Crippen molar-refractivity contribution in [3.8, 4) is 0 Å². The topological polar surface area (TPSA) is 108 Å². The van der Waals surface area contributed by atoms with Crippen LogP contribution in [0.5, 0.6) is 0 Å². The number of fused-ring (bicyclic) bond motifs is 1. The van der Waals surface area contributed by atoms with Crippen molar-refractivity contribution in [3.05, 3.63) is 0 Å². The summed E-state index contributed by atoms with van der Waals surface area (Å²) in [6.45, 7) is 2.56. The molecule has 2 bridgehead atoms. The molecule has 5 atom stereocenters. The van der Waals surface area contributed by atoms with Gasteiger partial charge < -0.3 is 25.4 Å². The fourth-order valence-electron chi connectivity index (χ4n) is 6.80. The first-order valence-electron chi connectivity index (χ1n) is 12.5. The Morgan fingerprint density at radius 3 is 2.50 bits per heavy atom. The van der Waals surface area contributed by atoms with Gasteiger partial charge in [0.05, 0.1) is 17.4 Å². The molecule has 0 radical (unpaired) electrons. The second kappa shape index (κ2) is 9.29. The van der Waals surface area contributed by atoms with Gasteiger partial charge in [-0.05, 0) is 45.4 Å². The molecule has 0 aromatic carbocycles. The maximum atomic E-state index is 13.7. The van der Waals surface area contributed by atoms with Gasteiger partial charge >= 0.3 is 0 Å². The summed E-state index contributed by atoms with van der Waals surface area (Å²) in [6.07, 6.45) is 9.97. The fraction of sp³-hybridized carbons (Fsp3) is 0.875. The van der Waals surface area contributed by atoms with E-state index in [9.17, 15) is 14.4 Å². The Labute approximate surface area is 190 Å². The Balaban J connectivity index is 1.59. The Hall–Kier alpha value is -1.67. The van der Waals surface area contributed by atoms with E-state index >= 15 is 0 Å². The largest absolute Gasteiger partial charge is 0.396 e. The number of rotatable bonds is 9. The molecule has 180 valence electrons. The lowest BCUT2D eigenvalue weighted by Gasteiger charge is -2.35. The zero-order valence-corrected chi connectivity index (χ0v) is 19.5. The number of carbonyl (C=O) groups is 3.